The first-order chi connectivity index (χ1) is 14.0. The fourth-order valence-electron chi connectivity index (χ4n) is 2.61. The number of furan rings is 1. The van der Waals surface area contributed by atoms with Crippen LogP contribution in [0.5, 0.6) is 17.2 Å². The molecule has 0 atom stereocenters. The maximum absolute atomic E-state index is 10.8. The van der Waals surface area contributed by atoms with E-state index in [2.05, 4.69) is 10.1 Å². The molecule has 0 fully saturated rings. The van der Waals surface area contributed by atoms with Crippen LogP contribution in [-0.2, 0) is 0 Å². The molecule has 2 aromatic heterocycles. The van der Waals surface area contributed by atoms with E-state index in [1.807, 2.05) is 5.38 Å². The standard InChI is InChI=1S/C18H18N4O6S/c1-19-18-21(20-9-12-5-6-16(28-12)22(23)24)13(10-29-18)11-7-14(25-2)17(27-4)15(8-11)26-3/h5-10H,1-4H3. The monoisotopic (exact) mass is 418 g/mol. The molecule has 0 bridgehead atoms. The minimum Gasteiger partial charge on any atom is -0.493 e. The topological polar surface area (TPSA) is 114 Å². The second-order valence-corrected chi connectivity index (χ2v) is 6.37. The van der Waals surface area contributed by atoms with Crippen LogP contribution in [0.3, 0.4) is 0 Å². The molecule has 11 heteroatoms. The number of nitrogens with zero attached hydrogens (tertiary/aromatic N) is 4. The lowest BCUT2D eigenvalue weighted by molar-refractivity contribution is -0.402. The summed E-state index contributed by atoms with van der Waals surface area (Å²) in [4.78, 5) is 15.0. The number of aromatic nitrogens is 1. The predicted octanol–water partition coefficient (Wildman–Crippen LogP) is 3.16. The lowest BCUT2D eigenvalue weighted by Crippen LogP contribution is -2.11. The van der Waals surface area contributed by atoms with Crippen molar-refractivity contribution in [3.63, 3.8) is 0 Å². The van der Waals surface area contributed by atoms with E-state index in [0.29, 0.717) is 27.7 Å². The summed E-state index contributed by atoms with van der Waals surface area (Å²) in [5, 5.41) is 17.0. The molecule has 3 rings (SSSR count). The van der Waals surface area contributed by atoms with Gasteiger partial charge in [-0.1, -0.05) is 0 Å². The second kappa shape index (κ2) is 8.61. The Bertz CT molecular complexity index is 1100. The molecule has 0 saturated carbocycles. The van der Waals surface area contributed by atoms with Crippen molar-refractivity contribution in [3.8, 4) is 28.5 Å². The normalized spacial score (nSPS) is 11.8. The maximum atomic E-state index is 10.8. The molecule has 29 heavy (non-hydrogen) atoms. The van der Waals surface area contributed by atoms with E-state index in [9.17, 15) is 10.1 Å². The summed E-state index contributed by atoms with van der Waals surface area (Å²) in [5.41, 5.74) is 1.47. The van der Waals surface area contributed by atoms with Gasteiger partial charge in [-0.15, -0.1) is 11.3 Å². The minimum absolute atomic E-state index is 0.244. The van der Waals surface area contributed by atoms with Crippen molar-refractivity contribution in [1.82, 2.24) is 4.68 Å². The summed E-state index contributed by atoms with van der Waals surface area (Å²) in [5.74, 6) is 1.37. The first kappa shape index (κ1) is 20.1. The molecule has 2 heterocycles. The van der Waals surface area contributed by atoms with Crippen molar-refractivity contribution in [2.24, 2.45) is 10.1 Å². The van der Waals surface area contributed by atoms with Crippen LogP contribution >= 0.6 is 11.3 Å². The summed E-state index contributed by atoms with van der Waals surface area (Å²) in [6, 6.07) is 6.33. The molecule has 0 saturated heterocycles. The van der Waals surface area contributed by atoms with Crippen LogP contribution in [-0.4, -0.2) is 44.2 Å². The van der Waals surface area contributed by atoms with Gasteiger partial charge >= 0.3 is 5.88 Å². The van der Waals surface area contributed by atoms with Gasteiger partial charge in [-0.2, -0.15) is 5.10 Å². The summed E-state index contributed by atoms with van der Waals surface area (Å²) in [7, 11) is 6.26. The molecule has 3 aromatic rings. The van der Waals surface area contributed by atoms with Gasteiger partial charge in [-0.25, -0.2) is 4.68 Å². The SMILES string of the molecule is CN=c1scc(-c2cc(OC)c(OC)c(OC)c2)n1N=Cc1ccc([N+](=O)[O-])o1. The Morgan fingerprint density at radius 3 is 2.38 bits per heavy atom. The van der Waals surface area contributed by atoms with Crippen LogP contribution < -0.4 is 19.0 Å². The molecule has 0 unspecified atom stereocenters. The molecule has 0 N–H and O–H groups in total. The number of hydrogen-bond donors (Lipinski definition) is 0. The highest BCUT2D eigenvalue weighted by molar-refractivity contribution is 7.07. The first-order valence-corrected chi connectivity index (χ1v) is 9.12. The lowest BCUT2D eigenvalue weighted by atomic mass is 10.1. The van der Waals surface area contributed by atoms with E-state index in [1.54, 1.807) is 23.9 Å². The number of ether oxygens (including phenoxy) is 3. The van der Waals surface area contributed by atoms with Gasteiger partial charge in [-0.05, 0) is 18.2 Å². The summed E-state index contributed by atoms with van der Waals surface area (Å²) in [6.07, 6.45) is 1.38. The molecule has 10 nitrogen and oxygen atoms in total. The molecule has 0 aliphatic heterocycles. The number of rotatable bonds is 7. The minimum atomic E-state index is -0.608. The summed E-state index contributed by atoms with van der Waals surface area (Å²) < 4.78 is 22.9. The van der Waals surface area contributed by atoms with Crippen molar-refractivity contribution in [2.45, 2.75) is 0 Å². The van der Waals surface area contributed by atoms with Crippen molar-refractivity contribution >= 4 is 23.4 Å². The zero-order chi connectivity index (χ0) is 21.0. The quantitative estimate of drug-likeness (QED) is 0.331. The van der Waals surface area contributed by atoms with Gasteiger partial charge in [-0.3, -0.25) is 15.1 Å². The average molecular weight is 418 g/mol. The fourth-order valence-corrected chi connectivity index (χ4v) is 3.42. The van der Waals surface area contributed by atoms with Gasteiger partial charge < -0.3 is 18.6 Å². The second-order valence-electron chi connectivity index (χ2n) is 5.53. The third-order valence-corrected chi connectivity index (χ3v) is 4.84. The van der Waals surface area contributed by atoms with Crippen molar-refractivity contribution in [1.29, 1.82) is 0 Å². The molecule has 0 amide bonds. The number of nitro groups is 1. The Kier molecular flexibility index (Phi) is 5.98. The Morgan fingerprint density at radius 1 is 1.17 bits per heavy atom. The highest BCUT2D eigenvalue weighted by atomic mass is 32.1. The molecule has 0 spiro atoms. The van der Waals surface area contributed by atoms with Crippen molar-refractivity contribution in [3.05, 3.63) is 50.3 Å². The van der Waals surface area contributed by atoms with Gasteiger partial charge in [0.2, 0.25) is 10.6 Å². The number of benzene rings is 1. The predicted molar refractivity (Wildman–Crippen MR) is 107 cm³/mol. The molecule has 0 aliphatic rings. The zero-order valence-corrected chi connectivity index (χ0v) is 16.9. The molecule has 152 valence electrons. The largest absolute Gasteiger partial charge is 0.493 e. The van der Waals surface area contributed by atoms with Crippen LogP contribution in [0.15, 0.2) is 44.2 Å². The Labute approximate surface area is 169 Å². The fraction of sp³-hybridized carbons (Fsp3) is 0.222. The van der Waals surface area contributed by atoms with Crippen molar-refractivity contribution in [2.75, 3.05) is 28.4 Å². The smallest absolute Gasteiger partial charge is 0.433 e. The third kappa shape index (κ3) is 3.99. The average Bonchev–Trinajstić information content (AvgIpc) is 3.37. The zero-order valence-electron chi connectivity index (χ0n) is 16.1. The van der Waals surface area contributed by atoms with E-state index in [-0.39, 0.29) is 11.6 Å². The van der Waals surface area contributed by atoms with E-state index in [1.165, 1.54) is 51.0 Å². The molecular formula is C18H18N4O6S. The lowest BCUT2D eigenvalue weighted by Gasteiger charge is -2.14. The van der Waals surface area contributed by atoms with Crippen LogP contribution in [0, 0.1) is 10.1 Å². The van der Waals surface area contributed by atoms with Gasteiger partial charge in [0.15, 0.2) is 17.3 Å². The highest BCUT2D eigenvalue weighted by Crippen LogP contribution is 2.41. The van der Waals surface area contributed by atoms with E-state index < -0.39 is 4.92 Å². The molecule has 0 radical (unpaired) electrons. The maximum Gasteiger partial charge on any atom is 0.433 e. The van der Waals surface area contributed by atoms with Gasteiger partial charge in [0.1, 0.15) is 4.92 Å². The van der Waals surface area contributed by atoms with Crippen LogP contribution in [0.4, 0.5) is 5.88 Å². The van der Waals surface area contributed by atoms with Gasteiger partial charge in [0.05, 0.1) is 39.3 Å². The van der Waals surface area contributed by atoms with Crippen LogP contribution in [0.2, 0.25) is 0 Å². The van der Waals surface area contributed by atoms with Crippen LogP contribution in [0.1, 0.15) is 5.76 Å². The Balaban J connectivity index is 2.09. The third-order valence-electron chi connectivity index (χ3n) is 3.93. The van der Waals surface area contributed by atoms with E-state index in [4.69, 9.17) is 18.6 Å². The molecule has 0 aliphatic carbocycles. The van der Waals surface area contributed by atoms with Gasteiger partial charge in [0, 0.05) is 18.0 Å². The molecule has 1 aromatic carbocycles. The van der Waals surface area contributed by atoms with Crippen LogP contribution in [0.25, 0.3) is 11.3 Å². The van der Waals surface area contributed by atoms with Crippen molar-refractivity contribution < 1.29 is 23.6 Å². The Hall–Kier alpha value is -3.60. The number of methoxy groups -OCH3 is 3. The van der Waals surface area contributed by atoms with E-state index in [0.717, 1.165) is 5.56 Å². The number of hydrogen-bond acceptors (Lipinski definition) is 9. The molecular weight excluding hydrogens is 400 g/mol. The summed E-state index contributed by atoms with van der Waals surface area (Å²) >= 11 is 1.38. The highest BCUT2D eigenvalue weighted by Gasteiger charge is 2.17. The van der Waals surface area contributed by atoms with Gasteiger partial charge in [0.25, 0.3) is 0 Å². The number of thiazole rings is 1. The summed E-state index contributed by atoms with van der Waals surface area (Å²) in [6.45, 7) is 0. The first-order valence-electron chi connectivity index (χ1n) is 8.24. The Morgan fingerprint density at radius 2 is 1.86 bits per heavy atom. The van der Waals surface area contributed by atoms with E-state index >= 15 is 0 Å².